The van der Waals surface area contributed by atoms with Crippen LogP contribution in [0.4, 0.5) is 0 Å². The van der Waals surface area contributed by atoms with E-state index in [-0.39, 0.29) is 12.5 Å². The Kier molecular flexibility index (Phi) is 34.9. The van der Waals surface area contributed by atoms with E-state index in [1.807, 2.05) is 0 Å². The molecule has 2 unspecified atom stereocenters. The predicted molar refractivity (Wildman–Crippen MR) is 144 cm³/mol. The quantitative estimate of drug-likeness (QED) is 0.153. The molecular weight excluding hydrogens is 1190 g/mol. The topological polar surface area (TPSA) is 213 Å². The molecule has 10 N–H and O–H groups in total. The van der Waals surface area contributed by atoms with E-state index in [1.165, 1.54) is 63.2 Å². The van der Waals surface area contributed by atoms with E-state index in [4.69, 9.17) is 74.9 Å². The van der Waals surface area contributed by atoms with Gasteiger partial charge in [0.15, 0.2) is 6.29 Å². The number of ether oxygens (including phenoxy) is 2. The van der Waals surface area contributed by atoms with Crippen molar-refractivity contribution in [3.05, 3.63) is 11.5 Å². The van der Waals surface area contributed by atoms with Gasteiger partial charge in [-0.3, -0.25) is 0 Å². The van der Waals surface area contributed by atoms with E-state index >= 15 is 0 Å². The number of nitrogens with one attached hydrogen (secondary N) is 2. The van der Waals surface area contributed by atoms with Gasteiger partial charge in [-0.25, -0.2) is 0 Å². The first kappa shape index (κ1) is 45.3. The minimum atomic E-state index is -3.06. The number of halogens is 6. The molecule has 2 saturated heterocycles. The summed E-state index contributed by atoms with van der Waals surface area (Å²) in [5.41, 5.74) is 19.9. The Labute approximate surface area is 293 Å². The van der Waals surface area contributed by atoms with Crippen LogP contribution in [0, 0.1) is 5.92 Å². The van der Waals surface area contributed by atoms with Crippen LogP contribution in [-0.4, -0.2) is 162 Å². The predicted octanol–water partition coefficient (Wildman–Crippen LogP) is 0.681. The third-order valence-corrected chi connectivity index (χ3v) is 4.29. The van der Waals surface area contributed by atoms with Gasteiger partial charge in [-0.2, -0.15) is 0 Å². The van der Waals surface area contributed by atoms with Crippen LogP contribution in [0.1, 0.15) is 6.92 Å². The molecule has 206 valence electrons. The molecule has 0 amide bonds. The summed E-state index contributed by atoms with van der Waals surface area (Å²) < 4.78 is 9.54. The van der Waals surface area contributed by atoms with E-state index in [0.29, 0.717) is 11.2 Å². The van der Waals surface area contributed by atoms with Gasteiger partial charge >= 0.3 is 163 Å². The number of nitrogens with two attached hydrogens (primary N) is 1. The first-order chi connectivity index (χ1) is 15.6. The standard InChI is InChI=1S/C7H15NO4.C6H12N2O4.4ClH.2HI.2K.2Pt/c1-3-5(8)7(11)12-4(2-9)6(3)10;7-3-4(8)6(11)12-2(1-9)5(3)10;;;;;;;;;;/h3-7,9-11H,2,8H2,1H3;2-11H,1H2;6*1H;;;;/q;-2;;;;;;;;;2*+4/p-6/t3-,4-,5-,6+,7?;2-,3-,4-,5-,6?;;;;;;;;;;/m11........../s1. The third kappa shape index (κ3) is 21.5. The summed E-state index contributed by atoms with van der Waals surface area (Å²) in [6.07, 6.45) is -6.19. The molecule has 2 aliphatic rings. The Balaban J connectivity index is -0.000000411. The van der Waals surface area contributed by atoms with Gasteiger partial charge in [0.25, 0.3) is 0 Å². The summed E-state index contributed by atoms with van der Waals surface area (Å²) >= 11 is 4.74. The Morgan fingerprint density at radius 1 is 0.882 bits per heavy atom. The van der Waals surface area contributed by atoms with E-state index in [1.54, 1.807) is 6.92 Å². The maximum Gasteiger partial charge on any atom is 0.137 e. The average Bonchev–Trinajstić information content (AvgIpc) is 2.77. The van der Waals surface area contributed by atoms with Crippen molar-refractivity contribution in [3.63, 3.8) is 0 Å². The maximum absolute atomic E-state index is 9.45. The van der Waals surface area contributed by atoms with E-state index in [0.717, 1.165) is 0 Å². The van der Waals surface area contributed by atoms with Crippen LogP contribution in [0.3, 0.4) is 0 Å². The van der Waals surface area contributed by atoms with Crippen LogP contribution >= 0.6 is 76.4 Å². The maximum atomic E-state index is 9.45. The number of hydrogen-bond acceptors (Lipinski definition) is 9. The van der Waals surface area contributed by atoms with Crippen molar-refractivity contribution in [2.24, 2.45) is 11.7 Å². The summed E-state index contributed by atoms with van der Waals surface area (Å²) in [6, 6.07) is -2.91. The summed E-state index contributed by atoms with van der Waals surface area (Å²) in [5.74, 6) is -0.272. The van der Waals surface area contributed by atoms with Crippen molar-refractivity contribution in [1.29, 1.82) is 0 Å². The molecule has 2 heterocycles. The number of rotatable bonds is 2. The van der Waals surface area contributed by atoms with E-state index in [9.17, 15) is 15.3 Å². The summed E-state index contributed by atoms with van der Waals surface area (Å²) in [6.45, 7) is 0.944. The van der Waals surface area contributed by atoms with Gasteiger partial charge in [0.1, 0.15) is 18.5 Å². The van der Waals surface area contributed by atoms with Crippen molar-refractivity contribution < 1.29 is 63.2 Å². The Morgan fingerprint density at radius 2 is 1.21 bits per heavy atom. The van der Waals surface area contributed by atoms with Crippen molar-refractivity contribution in [2.45, 2.75) is 62.0 Å². The zero-order valence-electron chi connectivity index (χ0n) is 18.2. The second-order valence-corrected chi connectivity index (χ2v) is 42.6. The number of hydrogen-bond donors (Lipinski definition) is 7. The van der Waals surface area contributed by atoms with Crippen molar-refractivity contribution in [3.8, 4) is 0 Å². The Hall–Kier alpha value is 6.83. The van der Waals surface area contributed by atoms with Gasteiger partial charge in [-0.05, 0) is 0 Å². The zero-order chi connectivity index (χ0) is 27.8. The van der Waals surface area contributed by atoms with Gasteiger partial charge in [0, 0.05) is 5.92 Å². The molecule has 0 bridgehead atoms. The average molecular weight is 1220 g/mol. The third-order valence-electron chi connectivity index (χ3n) is 4.29. The first-order valence-corrected chi connectivity index (χ1v) is 49.4. The summed E-state index contributed by atoms with van der Waals surface area (Å²) in [4.78, 5) is 0. The molecule has 11 nitrogen and oxygen atoms in total. The molecule has 10 atom stereocenters. The molecule has 0 saturated carbocycles. The second-order valence-electron chi connectivity index (χ2n) is 6.28. The molecule has 0 aromatic carbocycles. The molecule has 0 aliphatic carbocycles. The van der Waals surface area contributed by atoms with E-state index < -0.39 is 73.6 Å². The van der Waals surface area contributed by atoms with Crippen LogP contribution in [0.15, 0.2) is 0 Å². The van der Waals surface area contributed by atoms with E-state index in [2.05, 4.69) is 43.4 Å². The van der Waals surface area contributed by atoms with Crippen LogP contribution in [0.5, 0.6) is 0 Å². The fourth-order valence-corrected chi connectivity index (χ4v) is 2.44. The van der Waals surface area contributed by atoms with Crippen molar-refractivity contribution in [1.82, 2.24) is 0 Å². The largest absolute Gasteiger partial charge is 0.674 e. The first-order valence-electron chi connectivity index (χ1n) is 9.30. The van der Waals surface area contributed by atoms with Crippen molar-refractivity contribution in [2.75, 3.05) is 13.2 Å². The second kappa shape index (κ2) is 26.3. The smallest absolute Gasteiger partial charge is 0.137 e. The molecule has 0 radical (unpaired) electrons. The number of aliphatic hydroxyl groups is 6. The molecule has 0 spiro atoms. The molecule has 2 aliphatic heterocycles. The van der Waals surface area contributed by atoms with Gasteiger partial charge in [-0.1, -0.05) is 6.92 Å². The molecule has 2 fully saturated rings. The monoisotopic (exact) mass is 1210 g/mol. The molecular formula is C13H27Cl4I2K2N3O8Pt2. The Morgan fingerprint density at radius 3 is 1.56 bits per heavy atom. The summed E-state index contributed by atoms with van der Waals surface area (Å²) in [7, 11) is 20.0. The normalized spacial score (nSPS) is 37.9. The fourth-order valence-electron chi connectivity index (χ4n) is 2.44. The summed E-state index contributed by atoms with van der Waals surface area (Å²) in [5, 5.41) is 54.3. The minimum absolute atomic E-state index is 0.272. The minimum Gasteiger partial charge on any atom is -0.674 e. The van der Waals surface area contributed by atoms with Crippen molar-refractivity contribution >= 4 is 140 Å². The van der Waals surface area contributed by atoms with Crippen LogP contribution in [0.2, 0.25) is 0 Å². The fraction of sp³-hybridized carbons (Fsp3) is 1.00. The van der Waals surface area contributed by atoms with Gasteiger partial charge in [0.05, 0.1) is 31.5 Å². The molecule has 2 rings (SSSR count). The SMILES string of the molecule is C[C@H]1[C@H](O)[C@@H](CO)OC(O)[C@@H]1N.[Cl][Pt]([Cl])([Cl])[Cl].[I][Pt+2][I].[K][K].[NH-][C@H]1[C@H](O)[C@@H](CO)OC(O)[C@@H]1[NH-]. The molecule has 0 aromatic rings. The van der Waals surface area contributed by atoms with Gasteiger partial charge < -0.3 is 57.3 Å². The van der Waals surface area contributed by atoms with Crippen LogP contribution < -0.4 is 5.73 Å². The van der Waals surface area contributed by atoms with Gasteiger partial charge in [-0.15, -0.1) is 12.1 Å². The molecule has 21 heteroatoms. The number of aliphatic hydroxyl groups excluding tert-OH is 6. The zero-order valence-corrected chi connectivity index (χ0v) is 36.3. The molecule has 0 aromatic heterocycles. The van der Waals surface area contributed by atoms with Crippen LogP contribution in [0.25, 0.3) is 11.5 Å². The van der Waals surface area contributed by atoms with Crippen LogP contribution in [-0.2, 0) is 32.6 Å². The molecule has 34 heavy (non-hydrogen) atoms. The Bertz CT molecular complexity index is 462. The van der Waals surface area contributed by atoms with Gasteiger partial charge in [0.2, 0.25) is 0 Å².